The van der Waals surface area contributed by atoms with Crippen molar-refractivity contribution >= 4 is 5.91 Å². The molecule has 1 aromatic heterocycles. The van der Waals surface area contributed by atoms with E-state index in [0.29, 0.717) is 5.56 Å². The summed E-state index contributed by atoms with van der Waals surface area (Å²) in [6.45, 7) is 1.07. The van der Waals surface area contributed by atoms with Crippen LogP contribution in [0.3, 0.4) is 0 Å². The zero-order chi connectivity index (χ0) is 19.5. The minimum Gasteiger partial charge on any atom is -0.395 e. The number of aliphatic hydroxyl groups is 1. The molecule has 0 fully saturated rings. The summed E-state index contributed by atoms with van der Waals surface area (Å²) in [4.78, 5) is 37.5. The fourth-order valence-corrected chi connectivity index (χ4v) is 2.26. The maximum Gasteiger partial charge on any atom is 0.416 e. The van der Waals surface area contributed by atoms with Gasteiger partial charge in [0.25, 0.3) is 11.5 Å². The normalized spacial score (nSPS) is 12.7. The molecule has 0 radical (unpaired) electrons. The number of aromatic amines is 1. The summed E-state index contributed by atoms with van der Waals surface area (Å²) in [5.74, 6) is -0.801. The van der Waals surface area contributed by atoms with Crippen LogP contribution in [0.15, 0.2) is 40.1 Å². The summed E-state index contributed by atoms with van der Waals surface area (Å²) in [5, 5.41) is 11.4. The molecule has 0 aliphatic carbocycles. The van der Waals surface area contributed by atoms with Gasteiger partial charge in [0.05, 0.1) is 24.8 Å². The average Bonchev–Trinajstić information content (AvgIpc) is 2.56. The summed E-state index contributed by atoms with van der Waals surface area (Å²) in [7, 11) is 0. The van der Waals surface area contributed by atoms with Crippen molar-refractivity contribution in [1.29, 1.82) is 0 Å². The van der Waals surface area contributed by atoms with E-state index in [1.165, 1.54) is 12.1 Å². The summed E-state index contributed by atoms with van der Waals surface area (Å²) >= 11 is 0. The summed E-state index contributed by atoms with van der Waals surface area (Å²) in [5.41, 5.74) is -2.42. The van der Waals surface area contributed by atoms with Gasteiger partial charge in [-0.05, 0) is 24.6 Å². The monoisotopic (exact) mass is 371 g/mol. The van der Waals surface area contributed by atoms with Gasteiger partial charge in [0.1, 0.15) is 5.56 Å². The van der Waals surface area contributed by atoms with E-state index in [4.69, 9.17) is 5.11 Å². The third-order valence-electron chi connectivity index (χ3n) is 3.68. The van der Waals surface area contributed by atoms with E-state index in [1.807, 2.05) is 4.98 Å². The Bertz CT molecular complexity index is 901. The Balaban J connectivity index is 2.20. The first kappa shape index (κ1) is 19.4. The SMILES string of the molecule is C[C@@H](NC(=O)c1cn(CCO)c(=O)[nH]c1=O)c1ccc(C(F)(F)F)cc1. The third-order valence-corrected chi connectivity index (χ3v) is 3.68. The predicted molar refractivity (Wildman–Crippen MR) is 85.7 cm³/mol. The first-order chi connectivity index (χ1) is 12.1. The van der Waals surface area contributed by atoms with Crippen molar-refractivity contribution in [3.63, 3.8) is 0 Å². The molecule has 0 aliphatic rings. The Morgan fingerprint density at radius 2 is 1.88 bits per heavy atom. The first-order valence-electron chi connectivity index (χ1n) is 7.56. The molecule has 10 heteroatoms. The third kappa shape index (κ3) is 4.39. The van der Waals surface area contributed by atoms with E-state index < -0.39 is 34.9 Å². The number of benzene rings is 1. The number of nitrogens with one attached hydrogen (secondary N) is 2. The fourth-order valence-electron chi connectivity index (χ4n) is 2.26. The van der Waals surface area contributed by atoms with Crippen LogP contribution < -0.4 is 16.6 Å². The molecular formula is C16H16F3N3O4. The Morgan fingerprint density at radius 1 is 1.27 bits per heavy atom. The van der Waals surface area contributed by atoms with E-state index in [0.717, 1.165) is 22.9 Å². The van der Waals surface area contributed by atoms with Gasteiger partial charge in [-0.3, -0.25) is 19.1 Å². The topological polar surface area (TPSA) is 104 Å². The number of H-pyrrole nitrogens is 1. The van der Waals surface area contributed by atoms with E-state index >= 15 is 0 Å². The highest BCUT2D eigenvalue weighted by molar-refractivity contribution is 5.93. The second-order valence-electron chi connectivity index (χ2n) is 5.53. The van der Waals surface area contributed by atoms with Crippen LogP contribution in [0.5, 0.6) is 0 Å². The highest BCUT2D eigenvalue weighted by Crippen LogP contribution is 2.29. The Kier molecular flexibility index (Phi) is 5.66. The number of aromatic nitrogens is 2. The van der Waals surface area contributed by atoms with Crippen LogP contribution in [-0.2, 0) is 12.7 Å². The summed E-state index contributed by atoms with van der Waals surface area (Å²) in [6.07, 6.45) is -3.44. The number of aliphatic hydroxyl groups excluding tert-OH is 1. The molecule has 1 heterocycles. The lowest BCUT2D eigenvalue weighted by Gasteiger charge is -2.15. The van der Waals surface area contributed by atoms with Gasteiger partial charge in [-0.2, -0.15) is 13.2 Å². The number of halogens is 3. The van der Waals surface area contributed by atoms with Gasteiger partial charge in [-0.25, -0.2) is 4.79 Å². The van der Waals surface area contributed by atoms with Crippen molar-refractivity contribution in [3.8, 4) is 0 Å². The molecule has 26 heavy (non-hydrogen) atoms. The van der Waals surface area contributed by atoms with Gasteiger partial charge in [0.2, 0.25) is 0 Å². The highest BCUT2D eigenvalue weighted by atomic mass is 19.4. The quantitative estimate of drug-likeness (QED) is 0.730. The number of hydrogen-bond acceptors (Lipinski definition) is 4. The van der Waals surface area contributed by atoms with Crippen LogP contribution in [0.1, 0.15) is 34.5 Å². The molecular weight excluding hydrogens is 355 g/mol. The number of nitrogens with zero attached hydrogens (tertiary/aromatic N) is 1. The second kappa shape index (κ2) is 7.56. The average molecular weight is 371 g/mol. The number of alkyl halides is 3. The van der Waals surface area contributed by atoms with Crippen molar-refractivity contribution in [3.05, 3.63) is 68.0 Å². The molecule has 140 valence electrons. The summed E-state index contributed by atoms with van der Waals surface area (Å²) < 4.78 is 38.7. The minimum atomic E-state index is -4.46. The van der Waals surface area contributed by atoms with Crippen LogP contribution in [-0.4, -0.2) is 27.2 Å². The molecule has 0 unspecified atom stereocenters. The van der Waals surface area contributed by atoms with Crippen LogP contribution in [0.25, 0.3) is 0 Å². The number of amides is 1. The van der Waals surface area contributed by atoms with Crippen LogP contribution in [0, 0.1) is 0 Å². The number of hydrogen-bond donors (Lipinski definition) is 3. The molecule has 1 aromatic carbocycles. The van der Waals surface area contributed by atoms with E-state index in [2.05, 4.69) is 5.32 Å². The Morgan fingerprint density at radius 3 is 2.42 bits per heavy atom. The number of carbonyl (C=O) groups is 1. The van der Waals surface area contributed by atoms with Crippen molar-refractivity contribution in [2.75, 3.05) is 6.61 Å². The van der Waals surface area contributed by atoms with Gasteiger partial charge in [-0.1, -0.05) is 12.1 Å². The molecule has 0 saturated heterocycles. The Hall–Kier alpha value is -2.88. The second-order valence-corrected chi connectivity index (χ2v) is 5.53. The molecule has 0 bridgehead atoms. The molecule has 1 atom stereocenters. The van der Waals surface area contributed by atoms with Crippen molar-refractivity contribution in [2.24, 2.45) is 0 Å². The van der Waals surface area contributed by atoms with Gasteiger partial charge in [0.15, 0.2) is 0 Å². The van der Waals surface area contributed by atoms with Crippen LogP contribution >= 0.6 is 0 Å². The molecule has 3 N–H and O–H groups in total. The lowest BCUT2D eigenvalue weighted by atomic mass is 10.1. The zero-order valence-electron chi connectivity index (χ0n) is 13.6. The van der Waals surface area contributed by atoms with Crippen LogP contribution in [0.4, 0.5) is 13.2 Å². The van der Waals surface area contributed by atoms with Crippen molar-refractivity contribution in [1.82, 2.24) is 14.9 Å². The molecule has 2 aromatic rings. The first-order valence-corrected chi connectivity index (χ1v) is 7.56. The zero-order valence-corrected chi connectivity index (χ0v) is 13.6. The smallest absolute Gasteiger partial charge is 0.395 e. The van der Waals surface area contributed by atoms with Gasteiger partial charge in [0, 0.05) is 6.20 Å². The molecule has 0 aliphatic heterocycles. The highest BCUT2D eigenvalue weighted by Gasteiger charge is 2.30. The van der Waals surface area contributed by atoms with Gasteiger partial charge >= 0.3 is 11.9 Å². The molecule has 2 rings (SSSR count). The predicted octanol–water partition coefficient (Wildman–Crippen LogP) is 1.04. The van der Waals surface area contributed by atoms with Crippen molar-refractivity contribution < 1.29 is 23.1 Å². The van der Waals surface area contributed by atoms with E-state index in [-0.39, 0.29) is 18.7 Å². The lowest BCUT2D eigenvalue weighted by Crippen LogP contribution is -2.38. The molecule has 0 spiro atoms. The van der Waals surface area contributed by atoms with Gasteiger partial charge < -0.3 is 10.4 Å². The molecule has 1 amide bonds. The maximum atomic E-state index is 12.6. The molecule has 0 saturated carbocycles. The van der Waals surface area contributed by atoms with Crippen LogP contribution in [0.2, 0.25) is 0 Å². The summed E-state index contributed by atoms with van der Waals surface area (Å²) in [6, 6.07) is 3.57. The fraction of sp³-hybridized carbons (Fsp3) is 0.312. The number of carbonyl (C=O) groups excluding carboxylic acids is 1. The standard InChI is InChI=1S/C16H16F3N3O4/c1-9(10-2-4-11(5-3-10)16(17,18)19)20-13(24)12-8-22(6-7-23)15(26)21-14(12)25/h2-5,8-9,23H,6-7H2,1H3,(H,20,24)(H,21,25,26)/t9-/m1/s1. The van der Waals surface area contributed by atoms with E-state index in [1.54, 1.807) is 6.92 Å². The van der Waals surface area contributed by atoms with Gasteiger partial charge in [-0.15, -0.1) is 0 Å². The largest absolute Gasteiger partial charge is 0.416 e. The maximum absolute atomic E-state index is 12.6. The minimum absolute atomic E-state index is 0.107. The lowest BCUT2D eigenvalue weighted by molar-refractivity contribution is -0.137. The number of rotatable bonds is 5. The van der Waals surface area contributed by atoms with Crippen molar-refractivity contribution in [2.45, 2.75) is 25.7 Å². The molecule has 7 nitrogen and oxygen atoms in total. The Labute approximate surface area is 145 Å². The van der Waals surface area contributed by atoms with E-state index in [9.17, 15) is 27.6 Å².